The SMILES string of the molecule is CC=CCCCCCCC=S. The Morgan fingerprint density at radius 2 is 1.64 bits per heavy atom. The maximum atomic E-state index is 4.74. The topological polar surface area (TPSA) is 0 Å². The molecule has 0 aromatic rings. The summed E-state index contributed by atoms with van der Waals surface area (Å²) in [5.41, 5.74) is 0. The van der Waals surface area contributed by atoms with Gasteiger partial charge in [-0.05, 0) is 38.0 Å². The Labute approximate surface area is 75.7 Å². The van der Waals surface area contributed by atoms with Crippen LogP contribution in [0.15, 0.2) is 12.2 Å². The van der Waals surface area contributed by atoms with E-state index in [1.165, 1.54) is 32.1 Å². The molecule has 0 aliphatic heterocycles. The smallest absolute Gasteiger partial charge is 0.0210 e. The maximum absolute atomic E-state index is 4.74. The van der Waals surface area contributed by atoms with Crippen molar-refractivity contribution in [2.75, 3.05) is 0 Å². The largest absolute Gasteiger partial charge is 0.0935 e. The first-order chi connectivity index (χ1) is 5.41. The van der Waals surface area contributed by atoms with Crippen LogP contribution in [0.2, 0.25) is 0 Å². The number of hydrogen-bond donors (Lipinski definition) is 0. The average Bonchev–Trinajstić information content (AvgIpc) is 2.03. The van der Waals surface area contributed by atoms with Crippen LogP contribution in [-0.4, -0.2) is 5.37 Å². The molecular formula is C10H18S. The number of hydrogen-bond acceptors (Lipinski definition) is 1. The minimum absolute atomic E-state index is 1.11. The molecule has 0 N–H and O–H groups in total. The van der Waals surface area contributed by atoms with E-state index in [2.05, 4.69) is 19.1 Å². The van der Waals surface area contributed by atoms with Gasteiger partial charge >= 0.3 is 0 Å². The zero-order valence-corrected chi connectivity index (χ0v) is 8.20. The van der Waals surface area contributed by atoms with Crippen LogP contribution < -0.4 is 0 Å². The van der Waals surface area contributed by atoms with E-state index >= 15 is 0 Å². The predicted molar refractivity (Wildman–Crippen MR) is 56.2 cm³/mol. The fraction of sp³-hybridized carbons (Fsp3) is 0.700. The average molecular weight is 170 g/mol. The summed E-state index contributed by atoms with van der Waals surface area (Å²) in [6.07, 6.45) is 12.0. The van der Waals surface area contributed by atoms with E-state index in [0.717, 1.165) is 6.42 Å². The third-order valence-electron chi connectivity index (χ3n) is 1.68. The Bertz CT molecular complexity index is 105. The van der Waals surface area contributed by atoms with Crippen molar-refractivity contribution in [2.45, 2.75) is 45.4 Å². The highest BCUT2D eigenvalue weighted by Gasteiger charge is 1.86. The summed E-state index contributed by atoms with van der Waals surface area (Å²) in [4.78, 5) is 0. The van der Waals surface area contributed by atoms with Crippen molar-refractivity contribution >= 4 is 17.6 Å². The van der Waals surface area contributed by atoms with Crippen LogP contribution in [-0.2, 0) is 0 Å². The lowest BCUT2D eigenvalue weighted by Gasteiger charge is -1.95. The molecule has 0 aromatic carbocycles. The monoisotopic (exact) mass is 170 g/mol. The fourth-order valence-corrected chi connectivity index (χ4v) is 1.18. The summed E-state index contributed by atoms with van der Waals surface area (Å²) in [6.45, 7) is 2.08. The first-order valence-corrected chi connectivity index (χ1v) is 4.93. The molecule has 0 fully saturated rings. The van der Waals surface area contributed by atoms with Crippen LogP contribution in [0.1, 0.15) is 45.4 Å². The molecule has 0 saturated heterocycles. The lowest BCUT2D eigenvalue weighted by Crippen LogP contribution is -1.77. The number of rotatable bonds is 7. The van der Waals surface area contributed by atoms with Gasteiger partial charge in [0.1, 0.15) is 0 Å². The maximum Gasteiger partial charge on any atom is -0.0210 e. The van der Waals surface area contributed by atoms with Crippen molar-refractivity contribution < 1.29 is 0 Å². The molecule has 0 amide bonds. The highest BCUT2D eigenvalue weighted by atomic mass is 32.1. The molecule has 0 saturated carbocycles. The summed E-state index contributed by atoms with van der Waals surface area (Å²) in [6, 6.07) is 0. The zero-order valence-electron chi connectivity index (χ0n) is 7.38. The first kappa shape index (κ1) is 10.8. The van der Waals surface area contributed by atoms with Crippen molar-refractivity contribution in [3.8, 4) is 0 Å². The van der Waals surface area contributed by atoms with Crippen molar-refractivity contribution in [3.05, 3.63) is 12.2 Å². The molecule has 0 heterocycles. The Kier molecular flexibility index (Phi) is 9.68. The number of thiocarbonyl (C=S) groups is 1. The van der Waals surface area contributed by atoms with E-state index in [0.29, 0.717) is 0 Å². The molecule has 0 rings (SSSR count). The summed E-state index contributed by atoms with van der Waals surface area (Å²) < 4.78 is 0. The Hall–Kier alpha value is -0.170. The van der Waals surface area contributed by atoms with Crippen LogP contribution in [0, 0.1) is 0 Å². The third kappa shape index (κ3) is 9.83. The van der Waals surface area contributed by atoms with Crippen molar-refractivity contribution in [1.82, 2.24) is 0 Å². The Balaban J connectivity index is 2.84. The van der Waals surface area contributed by atoms with Gasteiger partial charge in [-0.15, -0.1) is 0 Å². The fourth-order valence-electron chi connectivity index (χ4n) is 1.01. The summed E-state index contributed by atoms with van der Waals surface area (Å²) in [5.74, 6) is 0. The van der Waals surface area contributed by atoms with E-state index < -0.39 is 0 Å². The quantitative estimate of drug-likeness (QED) is 0.317. The number of allylic oxidation sites excluding steroid dienone is 2. The summed E-state index contributed by atoms with van der Waals surface area (Å²) in [5, 5.41) is 1.84. The van der Waals surface area contributed by atoms with Crippen LogP contribution in [0.5, 0.6) is 0 Å². The summed E-state index contributed by atoms with van der Waals surface area (Å²) >= 11 is 4.74. The molecule has 11 heavy (non-hydrogen) atoms. The lowest BCUT2D eigenvalue weighted by atomic mass is 10.1. The van der Waals surface area contributed by atoms with E-state index in [-0.39, 0.29) is 0 Å². The van der Waals surface area contributed by atoms with Gasteiger partial charge in [0.25, 0.3) is 0 Å². The van der Waals surface area contributed by atoms with Crippen LogP contribution in [0.4, 0.5) is 0 Å². The minimum Gasteiger partial charge on any atom is -0.0935 e. The summed E-state index contributed by atoms with van der Waals surface area (Å²) in [7, 11) is 0. The molecule has 0 nitrogen and oxygen atoms in total. The standard InChI is InChI=1S/C10H18S/c1-2-3-4-5-6-7-8-9-10-11/h2-3,10H,4-9H2,1H3. The van der Waals surface area contributed by atoms with Gasteiger partial charge in [-0.25, -0.2) is 0 Å². The molecule has 0 aliphatic carbocycles. The minimum atomic E-state index is 1.11. The van der Waals surface area contributed by atoms with Gasteiger partial charge in [-0.2, -0.15) is 0 Å². The van der Waals surface area contributed by atoms with E-state index in [9.17, 15) is 0 Å². The molecule has 0 aliphatic rings. The molecule has 0 unspecified atom stereocenters. The first-order valence-electron chi connectivity index (χ1n) is 4.46. The van der Waals surface area contributed by atoms with Crippen molar-refractivity contribution in [2.24, 2.45) is 0 Å². The Morgan fingerprint density at radius 3 is 2.18 bits per heavy atom. The van der Waals surface area contributed by atoms with E-state index in [1.54, 1.807) is 0 Å². The second-order valence-electron chi connectivity index (χ2n) is 2.73. The van der Waals surface area contributed by atoms with Gasteiger partial charge in [-0.1, -0.05) is 37.2 Å². The molecule has 64 valence electrons. The highest BCUT2D eigenvalue weighted by molar-refractivity contribution is 7.78. The molecule has 0 atom stereocenters. The second kappa shape index (κ2) is 9.83. The third-order valence-corrected chi connectivity index (χ3v) is 1.91. The van der Waals surface area contributed by atoms with Gasteiger partial charge < -0.3 is 0 Å². The molecule has 0 spiro atoms. The molecule has 0 aromatic heterocycles. The van der Waals surface area contributed by atoms with Crippen LogP contribution in [0.25, 0.3) is 0 Å². The van der Waals surface area contributed by atoms with E-state index in [4.69, 9.17) is 12.2 Å². The van der Waals surface area contributed by atoms with Gasteiger partial charge in [0.2, 0.25) is 0 Å². The molecular weight excluding hydrogens is 152 g/mol. The zero-order chi connectivity index (χ0) is 8.36. The van der Waals surface area contributed by atoms with Gasteiger partial charge in [0.05, 0.1) is 0 Å². The Morgan fingerprint density at radius 1 is 1.00 bits per heavy atom. The normalized spacial score (nSPS) is 10.6. The van der Waals surface area contributed by atoms with Gasteiger partial charge in [0.15, 0.2) is 0 Å². The van der Waals surface area contributed by atoms with Gasteiger partial charge in [-0.3, -0.25) is 0 Å². The second-order valence-corrected chi connectivity index (χ2v) is 3.06. The predicted octanol–water partition coefficient (Wildman–Crippen LogP) is 3.90. The lowest BCUT2D eigenvalue weighted by molar-refractivity contribution is 0.662. The van der Waals surface area contributed by atoms with Crippen molar-refractivity contribution in [3.63, 3.8) is 0 Å². The molecule has 1 heteroatoms. The van der Waals surface area contributed by atoms with Gasteiger partial charge in [0, 0.05) is 0 Å². The highest BCUT2D eigenvalue weighted by Crippen LogP contribution is 2.04. The van der Waals surface area contributed by atoms with Crippen LogP contribution >= 0.6 is 12.2 Å². The molecule has 0 radical (unpaired) electrons. The van der Waals surface area contributed by atoms with Crippen molar-refractivity contribution in [1.29, 1.82) is 0 Å². The molecule has 0 bridgehead atoms. The van der Waals surface area contributed by atoms with Crippen LogP contribution in [0.3, 0.4) is 0 Å². The number of unbranched alkanes of at least 4 members (excludes halogenated alkanes) is 5. The van der Waals surface area contributed by atoms with E-state index in [1.807, 2.05) is 5.37 Å².